The van der Waals surface area contributed by atoms with Crippen molar-refractivity contribution < 1.29 is 18.1 Å². The van der Waals surface area contributed by atoms with Gasteiger partial charge in [0.25, 0.3) is 0 Å². The summed E-state index contributed by atoms with van der Waals surface area (Å²) < 4.78 is 32.4. The molecule has 0 radical (unpaired) electrons. The lowest BCUT2D eigenvalue weighted by Crippen LogP contribution is -2.35. The first-order chi connectivity index (χ1) is 13.5. The van der Waals surface area contributed by atoms with Crippen molar-refractivity contribution >= 4 is 26.4 Å². The van der Waals surface area contributed by atoms with Crippen molar-refractivity contribution in [1.82, 2.24) is 0 Å². The molecule has 2 heterocycles. The zero-order valence-corrected chi connectivity index (χ0v) is 17.0. The third-order valence-corrected chi connectivity index (χ3v) is 7.17. The van der Waals surface area contributed by atoms with E-state index in [0.29, 0.717) is 21.5 Å². The van der Waals surface area contributed by atoms with Crippen LogP contribution in [0.15, 0.2) is 64.5 Å². The zero-order chi connectivity index (χ0) is 19.7. The molecule has 4 rings (SSSR count). The summed E-state index contributed by atoms with van der Waals surface area (Å²) >= 11 is 0. The summed E-state index contributed by atoms with van der Waals surface area (Å²) in [6.07, 6.45) is 3.85. The standard InChI is InChI=1S/C22H24N2O3S/c1-16-7-6-12-24(15-16)22-19-13-17(27-2)10-11-20(19)23-14-21(22)28(25,26)18-8-4-3-5-9-18/h3-5,8-11,13-14,16H,6-7,12,15H2,1-2H3/p+1/t16-/m0/s1. The molecule has 1 aliphatic rings. The van der Waals surface area contributed by atoms with Crippen molar-refractivity contribution in [3.05, 3.63) is 54.7 Å². The number of sulfone groups is 1. The molecule has 2 aromatic carbocycles. The number of nitrogens with one attached hydrogen (secondary N) is 1. The number of nitrogens with zero attached hydrogens (tertiary/aromatic N) is 1. The van der Waals surface area contributed by atoms with Crippen LogP contribution in [0, 0.1) is 5.92 Å². The van der Waals surface area contributed by atoms with Gasteiger partial charge >= 0.3 is 0 Å². The number of anilines is 1. The molecule has 6 heteroatoms. The Hall–Kier alpha value is -2.60. The number of H-pyrrole nitrogens is 1. The first kappa shape index (κ1) is 18.7. The Morgan fingerprint density at radius 2 is 1.93 bits per heavy atom. The number of piperidine rings is 1. The fraction of sp³-hybridized carbons (Fsp3) is 0.318. The van der Waals surface area contributed by atoms with Gasteiger partial charge in [0.15, 0.2) is 11.1 Å². The van der Waals surface area contributed by atoms with Crippen molar-refractivity contribution in [1.29, 1.82) is 0 Å². The number of rotatable bonds is 4. The SMILES string of the molecule is COc1ccc2[nH+]cc(S(=O)(=O)c3ccccc3)c(N3CCC[C@H](C)C3)c2c1. The summed E-state index contributed by atoms with van der Waals surface area (Å²) in [5.74, 6) is 1.23. The van der Waals surface area contributed by atoms with Crippen LogP contribution in [0.4, 0.5) is 5.69 Å². The van der Waals surface area contributed by atoms with E-state index in [2.05, 4.69) is 16.8 Å². The van der Waals surface area contributed by atoms with Crippen LogP contribution in [0.5, 0.6) is 5.75 Å². The van der Waals surface area contributed by atoms with Crippen LogP contribution in [-0.2, 0) is 9.84 Å². The van der Waals surface area contributed by atoms with Gasteiger partial charge in [-0.25, -0.2) is 13.4 Å². The van der Waals surface area contributed by atoms with E-state index in [4.69, 9.17) is 4.74 Å². The van der Waals surface area contributed by atoms with Crippen molar-refractivity contribution in [2.75, 3.05) is 25.1 Å². The van der Waals surface area contributed by atoms with Crippen molar-refractivity contribution in [3.8, 4) is 5.75 Å². The molecule has 0 saturated carbocycles. The number of pyridine rings is 1. The number of methoxy groups -OCH3 is 1. The van der Waals surface area contributed by atoms with Crippen LogP contribution in [0.25, 0.3) is 10.9 Å². The van der Waals surface area contributed by atoms with Crippen molar-refractivity contribution in [2.45, 2.75) is 29.6 Å². The van der Waals surface area contributed by atoms with E-state index in [0.717, 1.165) is 42.5 Å². The molecular weight excluding hydrogens is 372 g/mol. The predicted octanol–water partition coefficient (Wildman–Crippen LogP) is 3.73. The maximum Gasteiger partial charge on any atom is 0.214 e. The molecule has 5 nitrogen and oxygen atoms in total. The zero-order valence-electron chi connectivity index (χ0n) is 16.2. The van der Waals surface area contributed by atoms with Crippen LogP contribution in [0.2, 0.25) is 0 Å². The number of hydrogen-bond acceptors (Lipinski definition) is 4. The Morgan fingerprint density at radius 1 is 1.14 bits per heavy atom. The van der Waals surface area contributed by atoms with E-state index in [1.807, 2.05) is 24.3 Å². The minimum atomic E-state index is -3.66. The number of ether oxygens (including phenoxy) is 1. The van der Waals surface area contributed by atoms with E-state index >= 15 is 0 Å². The van der Waals surface area contributed by atoms with Crippen LogP contribution in [-0.4, -0.2) is 28.6 Å². The second-order valence-corrected chi connectivity index (χ2v) is 9.34. The molecule has 1 fully saturated rings. The molecule has 1 aromatic heterocycles. The minimum absolute atomic E-state index is 0.303. The molecular formula is C22H25N2O3S+. The number of hydrogen-bond donors (Lipinski definition) is 0. The lowest BCUT2D eigenvalue weighted by molar-refractivity contribution is -0.347. The Kier molecular flexibility index (Phi) is 4.98. The summed E-state index contributed by atoms with van der Waals surface area (Å²) in [7, 11) is -2.04. The Balaban J connectivity index is 1.99. The smallest absolute Gasteiger partial charge is 0.214 e. The second kappa shape index (κ2) is 7.43. The van der Waals surface area contributed by atoms with Gasteiger partial charge in [-0.3, -0.25) is 0 Å². The average molecular weight is 398 g/mol. The summed E-state index contributed by atoms with van der Waals surface area (Å²) in [5.41, 5.74) is 1.66. The maximum absolute atomic E-state index is 13.5. The number of benzene rings is 2. The summed E-state index contributed by atoms with van der Waals surface area (Å²) in [4.78, 5) is 6.01. The molecule has 0 bridgehead atoms. The maximum atomic E-state index is 13.5. The average Bonchev–Trinajstić information content (AvgIpc) is 2.73. The van der Waals surface area contributed by atoms with Gasteiger partial charge in [-0.1, -0.05) is 25.1 Å². The highest BCUT2D eigenvalue weighted by Gasteiger charge is 2.31. The molecule has 0 spiro atoms. The van der Waals surface area contributed by atoms with Gasteiger partial charge < -0.3 is 9.64 Å². The number of fused-ring (bicyclic) bond motifs is 1. The van der Waals surface area contributed by atoms with Crippen molar-refractivity contribution in [3.63, 3.8) is 0 Å². The highest BCUT2D eigenvalue weighted by atomic mass is 32.2. The predicted molar refractivity (Wildman–Crippen MR) is 110 cm³/mol. The second-order valence-electron chi connectivity index (χ2n) is 7.42. The van der Waals surface area contributed by atoms with Gasteiger partial charge in [-0.15, -0.1) is 0 Å². The molecule has 1 saturated heterocycles. The number of aromatic nitrogens is 1. The first-order valence-corrected chi connectivity index (χ1v) is 11.1. The van der Waals surface area contributed by atoms with Gasteiger partial charge in [0.2, 0.25) is 15.4 Å². The van der Waals surface area contributed by atoms with Gasteiger partial charge in [0, 0.05) is 19.2 Å². The van der Waals surface area contributed by atoms with Gasteiger partial charge in [-0.2, -0.15) is 0 Å². The van der Waals surface area contributed by atoms with Crippen molar-refractivity contribution in [2.24, 2.45) is 5.92 Å². The van der Waals surface area contributed by atoms with E-state index < -0.39 is 9.84 Å². The van der Waals surface area contributed by atoms with Crippen LogP contribution in [0.1, 0.15) is 19.8 Å². The van der Waals surface area contributed by atoms with Gasteiger partial charge in [0.1, 0.15) is 5.75 Å². The fourth-order valence-corrected chi connectivity index (χ4v) is 5.44. The molecule has 0 aliphatic carbocycles. The highest BCUT2D eigenvalue weighted by Crippen LogP contribution is 2.37. The summed E-state index contributed by atoms with van der Waals surface area (Å²) in [5, 5.41) is 0.866. The van der Waals surface area contributed by atoms with E-state index in [1.54, 1.807) is 37.6 Å². The molecule has 0 unspecified atom stereocenters. The topological polar surface area (TPSA) is 60.8 Å². The van der Waals surface area contributed by atoms with E-state index in [9.17, 15) is 8.42 Å². The number of aromatic amines is 1. The molecule has 0 amide bonds. The molecule has 3 aromatic rings. The molecule has 1 aliphatic heterocycles. The van der Waals surface area contributed by atoms with Crippen LogP contribution in [0.3, 0.4) is 0 Å². The summed E-state index contributed by atoms with van der Waals surface area (Å²) in [6.45, 7) is 3.90. The fourth-order valence-electron chi connectivity index (χ4n) is 3.97. The molecule has 146 valence electrons. The Labute approximate surface area is 165 Å². The third-order valence-electron chi connectivity index (χ3n) is 5.39. The molecule has 1 N–H and O–H groups in total. The lowest BCUT2D eigenvalue weighted by Gasteiger charge is -2.34. The van der Waals surface area contributed by atoms with Gasteiger partial charge in [0.05, 0.1) is 23.1 Å². The van der Waals surface area contributed by atoms with Crippen LogP contribution < -0.4 is 14.6 Å². The first-order valence-electron chi connectivity index (χ1n) is 9.58. The van der Waals surface area contributed by atoms with Gasteiger partial charge in [-0.05, 0) is 43.0 Å². The molecule has 1 atom stereocenters. The van der Waals surface area contributed by atoms with E-state index in [-0.39, 0.29) is 0 Å². The largest absolute Gasteiger partial charge is 0.497 e. The molecule has 28 heavy (non-hydrogen) atoms. The Morgan fingerprint density at radius 3 is 2.64 bits per heavy atom. The monoisotopic (exact) mass is 397 g/mol. The quantitative estimate of drug-likeness (QED) is 0.673. The van der Waals surface area contributed by atoms with E-state index in [1.165, 1.54) is 0 Å². The minimum Gasteiger partial charge on any atom is -0.497 e. The third kappa shape index (κ3) is 3.33. The summed E-state index contributed by atoms with van der Waals surface area (Å²) in [6, 6.07) is 14.4. The van der Waals surface area contributed by atoms with Crippen LogP contribution >= 0.6 is 0 Å². The normalized spacial score (nSPS) is 17.6. The highest BCUT2D eigenvalue weighted by molar-refractivity contribution is 7.91. The lowest BCUT2D eigenvalue weighted by atomic mass is 9.99. The Bertz CT molecular complexity index is 1100.